The van der Waals surface area contributed by atoms with Gasteiger partial charge in [-0.25, -0.2) is 4.98 Å². The highest BCUT2D eigenvalue weighted by Gasteiger charge is 2.34. The minimum Gasteiger partial charge on any atom is -0.482 e. The summed E-state index contributed by atoms with van der Waals surface area (Å²) in [5, 5.41) is 0.831. The summed E-state index contributed by atoms with van der Waals surface area (Å²) in [4.78, 5) is 37.8. The maximum Gasteiger partial charge on any atom is 0.265 e. The van der Waals surface area contributed by atoms with Crippen LogP contribution in [0, 0.1) is 6.92 Å². The zero-order chi connectivity index (χ0) is 22.9. The van der Waals surface area contributed by atoms with Gasteiger partial charge in [-0.3, -0.25) is 19.5 Å². The first kappa shape index (κ1) is 21.0. The van der Waals surface area contributed by atoms with Gasteiger partial charge in [0.05, 0.1) is 23.1 Å². The van der Waals surface area contributed by atoms with Crippen LogP contribution in [0.15, 0.2) is 72.9 Å². The Morgan fingerprint density at radius 3 is 2.64 bits per heavy atom. The smallest absolute Gasteiger partial charge is 0.265 e. The standard InChI is InChI=1S/C26H21N3O3S/c1-16(25(31)18-8-4-3-5-9-18)29-21-14-19(11-12-22(21)32-15-23(29)30)24-17(2)33-26(28-24)20-10-6-7-13-27-20/h3-14,16H,15H2,1-2H3. The van der Waals surface area contributed by atoms with Gasteiger partial charge in [0.15, 0.2) is 12.4 Å². The van der Waals surface area contributed by atoms with Crippen molar-refractivity contribution in [3.63, 3.8) is 0 Å². The van der Waals surface area contributed by atoms with Gasteiger partial charge in [-0.15, -0.1) is 11.3 Å². The van der Waals surface area contributed by atoms with Gasteiger partial charge >= 0.3 is 0 Å². The van der Waals surface area contributed by atoms with Gasteiger partial charge in [0.1, 0.15) is 10.8 Å². The van der Waals surface area contributed by atoms with E-state index in [9.17, 15) is 9.59 Å². The predicted molar refractivity (Wildman–Crippen MR) is 129 cm³/mol. The topological polar surface area (TPSA) is 72.4 Å². The van der Waals surface area contributed by atoms with E-state index in [1.54, 1.807) is 41.5 Å². The SMILES string of the molecule is Cc1sc(-c2ccccn2)nc1-c1ccc2c(c1)N(C(C)C(=O)c1ccccc1)C(=O)CO2. The molecule has 1 aliphatic heterocycles. The van der Waals surface area contributed by atoms with Crippen LogP contribution in [0.5, 0.6) is 5.75 Å². The lowest BCUT2D eigenvalue weighted by Crippen LogP contribution is -2.48. The van der Waals surface area contributed by atoms with Gasteiger partial charge in [-0.2, -0.15) is 0 Å². The molecule has 0 bridgehead atoms. The molecule has 4 aromatic rings. The van der Waals surface area contributed by atoms with E-state index < -0.39 is 6.04 Å². The molecule has 0 spiro atoms. The van der Waals surface area contributed by atoms with Crippen LogP contribution < -0.4 is 9.64 Å². The van der Waals surface area contributed by atoms with Crippen molar-refractivity contribution in [3.05, 3.63) is 83.4 Å². The predicted octanol–water partition coefficient (Wildman–Crippen LogP) is 5.18. The molecule has 2 aromatic carbocycles. The number of benzene rings is 2. The van der Waals surface area contributed by atoms with Gasteiger partial charge in [0.2, 0.25) is 0 Å². The number of thiazole rings is 1. The fraction of sp³-hybridized carbons (Fsp3) is 0.154. The molecular weight excluding hydrogens is 434 g/mol. The van der Waals surface area contributed by atoms with E-state index in [0.717, 1.165) is 26.8 Å². The molecule has 3 heterocycles. The average Bonchev–Trinajstić information content (AvgIpc) is 3.25. The number of amides is 1. The third-order valence-electron chi connectivity index (χ3n) is 5.62. The lowest BCUT2D eigenvalue weighted by atomic mass is 10.0. The number of hydrogen-bond acceptors (Lipinski definition) is 6. The third kappa shape index (κ3) is 3.91. The Morgan fingerprint density at radius 1 is 1.09 bits per heavy atom. The lowest BCUT2D eigenvalue weighted by molar-refractivity contribution is -0.121. The second-order valence-electron chi connectivity index (χ2n) is 7.78. The summed E-state index contributed by atoms with van der Waals surface area (Å²) in [7, 11) is 0. The first-order chi connectivity index (χ1) is 16.0. The Balaban J connectivity index is 1.54. The largest absolute Gasteiger partial charge is 0.482 e. The zero-order valence-electron chi connectivity index (χ0n) is 18.2. The number of carbonyl (C=O) groups excluding carboxylic acids is 2. The normalized spacial score (nSPS) is 13.9. The van der Waals surface area contributed by atoms with Crippen molar-refractivity contribution in [1.29, 1.82) is 0 Å². The minimum atomic E-state index is -0.668. The van der Waals surface area contributed by atoms with Crippen LogP contribution in [0.3, 0.4) is 0 Å². The van der Waals surface area contributed by atoms with E-state index >= 15 is 0 Å². The number of ether oxygens (including phenoxy) is 1. The molecule has 5 rings (SSSR count). The van der Waals surface area contributed by atoms with Crippen molar-refractivity contribution in [2.45, 2.75) is 19.9 Å². The number of aromatic nitrogens is 2. The summed E-state index contributed by atoms with van der Waals surface area (Å²) in [6.45, 7) is 3.67. The number of carbonyl (C=O) groups is 2. The van der Waals surface area contributed by atoms with Crippen molar-refractivity contribution < 1.29 is 14.3 Å². The summed E-state index contributed by atoms with van der Waals surface area (Å²) in [6.07, 6.45) is 1.75. The molecule has 1 unspecified atom stereocenters. The van der Waals surface area contributed by atoms with Crippen LogP contribution in [0.4, 0.5) is 5.69 Å². The highest BCUT2D eigenvalue weighted by atomic mass is 32.1. The zero-order valence-corrected chi connectivity index (χ0v) is 19.0. The van der Waals surface area contributed by atoms with Crippen LogP contribution in [0.2, 0.25) is 0 Å². The summed E-state index contributed by atoms with van der Waals surface area (Å²) < 4.78 is 5.67. The number of Topliss-reactive ketones (excluding diaryl/α,β-unsaturated/α-hetero) is 1. The van der Waals surface area contributed by atoms with Crippen molar-refractivity contribution in [2.24, 2.45) is 0 Å². The molecule has 33 heavy (non-hydrogen) atoms. The van der Waals surface area contributed by atoms with E-state index in [1.165, 1.54) is 0 Å². The first-order valence-electron chi connectivity index (χ1n) is 10.6. The molecule has 0 N–H and O–H groups in total. The van der Waals surface area contributed by atoms with Crippen molar-refractivity contribution in [1.82, 2.24) is 9.97 Å². The van der Waals surface area contributed by atoms with Crippen molar-refractivity contribution in [2.75, 3.05) is 11.5 Å². The fourth-order valence-corrected chi connectivity index (χ4v) is 4.88. The molecule has 1 amide bonds. The Bertz CT molecular complexity index is 1340. The van der Waals surface area contributed by atoms with Crippen molar-refractivity contribution in [3.8, 4) is 27.7 Å². The molecule has 7 heteroatoms. The molecular formula is C26H21N3O3S. The minimum absolute atomic E-state index is 0.0989. The lowest BCUT2D eigenvalue weighted by Gasteiger charge is -2.33. The van der Waals surface area contributed by atoms with Crippen LogP contribution in [-0.4, -0.2) is 34.3 Å². The highest BCUT2D eigenvalue weighted by Crippen LogP contribution is 2.40. The molecule has 164 valence electrons. The van der Waals surface area contributed by atoms with Crippen LogP contribution in [0.25, 0.3) is 22.0 Å². The number of aryl methyl sites for hydroxylation is 1. The number of ketones is 1. The number of anilines is 1. The molecule has 6 nitrogen and oxygen atoms in total. The van der Waals surface area contributed by atoms with Gasteiger partial charge in [0, 0.05) is 22.2 Å². The van der Waals surface area contributed by atoms with Crippen LogP contribution in [0.1, 0.15) is 22.2 Å². The molecule has 0 radical (unpaired) electrons. The molecule has 2 aromatic heterocycles. The van der Waals surface area contributed by atoms with Crippen molar-refractivity contribution >= 4 is 28.7 Å². The number of pyridine rings is 1. The Hall–Kier alpha value is -3.84. The van der Waals surface area contributed by atoms with E-state index in [-0.39, 0.29) is 18.3 Å². The number of fused-ring (bicyclic) bond motifs is 1. The Labute approximate surface area is 195 Å². The third-order valence-corrected chi connectivity index (χ3v) is 6.61. The molecule has 1 aliphatic rings. The fourth-order valence-electron chi connectivity index (χ4n) is 3.97. The van der Waals surface area contributed by atoms with E-state index in [0.29, 0.717) is 17.0 Å². The first-order valence-corrected chi connectivity index (χ1v) is 11.4. The van der Waals surface area contributed by atoms with Gasteiger partial charge in [-0.1, -0.05) is 36.4 Å². The van der Waals surface area contributed by atoms with Gasteiger partial charge < -0.3 is 4.74 Å². The Morgan fingerprint density at radius 2 is 1.88 bits per heavy atom. The maximum atomic E-state index is 13.1. The summed E-state index contributed by atoms with van der Waals surface area (Å²) in [5.74, 6) is 0.203. The second kappa shape index (κ2) is 8.60. The second-order valence-corrected chi connectivity index (χ2v) is 8.98. The summed E-state index contributed by atoms with van der Waals surface area (Å²) >= 11 is 1.57. The monoisotopic (exact) mass is 455 g/mol. The van der Waals surface area contributed by atoms with Crippen LogP contribution in [-0.2, 0) is 4.79 Å². The summed E-state index contributed by atoms with van der Waals surface area (Å²) in [6, 6.07) is 19.7. The number of nitrogens with zero attached hydrogens (tertiary/aromatic N) is 3. The van der Waals surface area contributed by atoms with Gasteiger partial charge in [0.25, 0.3) is 5.91 Å². The average molecular weight is 456 g/mol. The Kier molecular flexibility index (Phi) is 5.48. The maximum absolute atomic E-state index is 13.1. The summed E-state index contributed by atoms with van der Waals surface area (Å²) in [5.41, 5.74) is 3.64. The van der Waals surface area contributed by atoms with Crippen LogP contribution >= 0.6 is 11.3 Å². The van der Waals surface area contributed by atoms with E-state index in [2.05, 4.69) is 4.98 Å². The molecule has 0 aliphatic carbocycles. The van der Waals surface area contributed by atoms with E-state index in [1.807, 2.05) is 61.5 Å². The quantitative estimate of drug-likeness (QED) is 0.388. The highest BCUT2D eigenvalue weighted by molar-refractivity contribution is 7.15. The number of rotatable bonds is 5. The molecule has 0 fully saturated rings. The van der Waals surface area contributed by atoms with Gasteiger partial charge in [-0.05, 0) is 44.2 Å². The van der Waals surface area contributed by atoms with E-state index in [4.69, 9.17) is 9.72 Å². The molecule has 1 atom stereocenters. The molecule has 0 saturated heterocycles. The molecule has 0 saturated carbocycles. The number of hydrogen-bond donors (Lipinski definition) is 0.